The molecule has 0 radical (unpaired) electrons. The smallest absolute Gasteiger partial charge is 0.0741 e. The zero-order chi connectivity index (χ0) is 16.1. The lowest BCUT2D eigenvalue weighted by Gasteiger charge is -2.08. The highest BCUT2D eigenvalue weighted by atomic mass is 14.7. The number of pyridine rings is 1. The minimum atomic E-state index is 0.776. The van der Waals surface area contributed by atoms with Crippen molar-refractivity contribution in [3.05, 3.63) is 48.0 Å². The van der Waals surface area contributed by atoms with Gasteiger partial charge in [-0.3, -0.25) is 0 Å². The molecule has 0 fully saturated rings. The highest BCUT2D eigenvalue weighted by Crippen LogP contribution is 2.25. The molecule has 3 aromatic rings. The van der Waals surface area contributed by atoms with Crippen molar-refractivity contribution >= 4 is 27.5 Å². The summed E-state index contributed by atoms with van der Waals surface area (Å²) >= 11 is 0. The van der Waals surface area contributed by atoms with E-state index >= 15 is 0 Å². The van der Waals surface area contributed by atoms with Gasteiger partial charge in [-0.1, -0.05) is 63.3 Å². The third kappa shape index (κ3) is 3.82. The average Bonchev–Trinajstić information content (AvgIpc) is 2.56. The minimum Gasteiger partial charge on any atom is -0.399 e. The zero-order valence-corrected chi connectivity index (χ0v) is 14.0. The first-order valence-corrected chi connectivity index (χ1v) is 8.86. The Bertz CT molecular complexity index is 792. The minimum absolute atomic E-state index is 0.776. The van der Waals surface area contributed by atoms with Crippen LogP contribution in [0.5, 0.6) is 0 Å². The number of aromatic nitrogens is 1. The summed E-state index contributed by atoms with van der Waals surface area (Å²) in [7, 11) is 0. The van der Waals surface area contributed by atoms with Crippen LogP contribution in [0, 0.1) is 0 Å². The SMILES string of the molecule is CCCCCCCCc1cccc2cc3ccc(N)cc3nc12. The fraction of sp³-hybridized carbons (Fsp3) is 0.381. The molecule has 23 heavy (non-hydrogen) atoms. The van der Waals surface area contributed by atoms with Crippen LogP contribution >= 0.6 is 0 Å². The van der Waals surface area contributed by atoms with Gasteiger partial charge in [0.2, 0.25) is 0 Å². The lowest BCUT2D eigenvalue weighted by atomic mass is 10.0. The van der Waals surface area contributed by atoms with Gasteiger partial charge in [0.05, 0.1) is 11.0 Å². The molecule has 2 N–H and O–H groups in total. The molecule has 0 unspecified atom stereocenters. The van der Waals surface area contributed by atoms with Crippen molar-refractivity contribution in [2.24, 2.45) is 0 Å². The lowest BCUT2D eigenvalue weighted by molar-refractivity contribution is 0.608. The summed E-state index contributed by atoms with van der Waals surface area (Å²) < 4.78 is 0. The van der Waals surface area contributed by atoms with E-state index in [0.29, 0.717) is 0 Å². The predicted octanol–water partition coefficient (Wildman–Crippen LogP) is 5.87. The van der Waals surface area contributed by atoms with E-state index < -0.39 is 0 Å². The van der Waals surface area contributed by atoms with Gasteiger partial charge in [-0.05, 0) is 36.6 Å². The van der Waals surface area contributed by atoms with Crippen LogP contribution in [0.15, 0.2) is 42.5 Å². The van der Waals surface area contributed by atoms with Crippen molar-refractivity contribution < 1.29 is 0 Å². The molecule has 0 aliphatic heterocycles. The summed E-state index contributed by atoms with van der Waals surface area (Å²) in [4.78, 5) is 4.89. The van der Waals surface area contributed by atoms with E-state index in [0.717, 1.165) is 28.5 Å². The van der Waals surface area contributed by atoms with Gasteiger partial charge >= 0.3 is 0 Å². The van der Waals surface area contributed by atoms with Gasteiger partial charge in [0.15, 0.2) is 0 Å². The van der Waals surface area contributed by atoms with Crippen molar-refractivity contribution in [3.8, 4) is 0 Å². The van der Waals surface area contributed by atoms with Crippen LogP contribution in [0.25, 0.3) is 21.8 Å². The lowest BCUT2D eigenvalue weighted by Crippen LogP contribution is -1.92. The number of hydrogen-bond donors (Lipinski definition) is 1. The summed E-state index contributed by atoms with van der Waals surface area (Å²) in [6, 6.07) is 14.7. The van der Waals surface area contributed by atoms with Crippen LogP contribution in [0.2, 0.25) is 0 Å². The van der Waals surface area contributed by atoms with Gasteiger partial charge in [-0.2, -0.15) is 0 Å². The van der Waals surface area contributed by atoms with Crippen LogP contribution in [-0.2, 0) is 6.42 Å². The number of para-hydroxylation sites is 1. The number of fused-ring (bicyclic) bond motifs is 2. The molecule has 2 heteroatoms. The second-order valence-electron chi connectivity index (χ2n) is 6.45. The molecular formula is C21H26N2. The van der Waals surface area contributed by atoms with Crippen LogP contribution in [0.4, 0.5) is 5.69 Å². The Balaban J connectivity index is 1.80. The van der Waals surface area contributed by atoms with Gasteiger partial charge in [-0.25, -0.2) is 4.98 Å². The molecule has 1 heterocycles. The zero-order valence-electron chi connectivity index (χ0n) is 14.0. The Labute approximate surface area is 138 Å². The summed E-state index contributed by atoms with van der Waals surface area (Å²) in [6.07, 6.45) is 9.08. The first-order valence-electron chi connectivity index (χ1n) is 8.86. The number of nitrogens with zero attached hydrogens (tertiary/aromatic N) is 1. The molecule has 0 atom stereocenters. The number of nitrogen functional groups attached to an aromatic ring is 1. The van der Waals surface area contributed by atoms with Gasteiger partial charge in [0.1, 0.15) is 0 Å². The molecule has 1 aromatic heterocycles. The fourth-order valence-corrected chi connectivity index (χ4v) is 3.23. The molecule has 0 amide bonds. The Kier molecular flexibility index (Phi) is 5.12. The molecule has 0 bridgehead atoms. The van der Waals surface area contributed by atoms with Gasteiger partial charge < -0.3 is 5.73 Å². The summed E-state index contributed by atoms with van der Waals surface area (Å²) in [6.45, 7) is 2.26. The molecule has 120 valence electrons. The maximum Gasteiger partial charge on any atom is 0.0741 e. The van der Waals surface area contributed by atoms with Gasteiger partial charge in [-0.15, -0.1) is 0 Å². The van der Waals surface area contributed by atoms with Crippen LogP contribution < -0.4 is 5.73 Å². The number of hydrogen-bond acceptors (Lipinski definition) is 2. The quantitative estimate of drug-likeness (QED) is 0.336. The summed E-state index contributed by atoms with van der Waals surface area (Å²) in [5.74, 6) is 0. The molecular weight excluding hydrogens is 280 g/mol. The molecule has 0 spiro atoms. The fourth-order valence-electron chi connectivity index (χ4n) is 3.23. The van der Waals surface area contributed by atoms with E-state index in [1.165, 1.54) is 49.5 Å². The number of aryl methyl sites for hydroxylation is 1. The number of benzene rings is 2. The van der Waals surface area contributed by atoms with E-state index in [1.807, 2.05) is 12.1 Å². The Hall–Kier alpha value is -2.09. The third-order valence-electron chi connectivity index (χ3n) is 4.55. The largest absolute Gasteiger partial charge is 0.399 e. The van der Waals surface area contributed by atoms with E-state index in [-0.39, 0.29) is 0 Å². The highest BCUT2D eigenvalue weighted by Gasteiger charge is 2.05. The Morgan fingerprint density at radius 2 is 1.70 bits per heavy atom. The maximum absolute atomic E-state index is 5.90. The maximum atomic E-state index is 5.90. The normalized spacial score (nSPS) is 11.3. The average molecular weight is 306 g/mol. The molecule has 0 aliphatic carbocycles. The number of unbranched alkanes of at least 4 members (excludes halogenated alkanes) is 5. The summed E-state index contributed by atoms with van der Waals surface area (Å²) in [5, 5.41) is 2.38. The number of anilines is 1. The second kappa shape index (κ2) is 7.45. The van der Waals surface area contributed by atoms with E-state index in [4.69, 9.17) is 10.7 Å². The molecule has 0 aliphatic rings. The topological polar surface area (TPSA) is 38.9 Å². The van der Waals surface area contributed by atoms with Crippen molar-refractivity contribution in [3.63, 3.8) is 0 Å². The Morgan fingerprint density at radius 3 is 2.57 bits per heavy atom. The van der Waals surface area contributed by atoms with E-state index in [2.05, 4.69) is 37.3 Å². The predicted molar refractivity (Wildman–Crippen MR) is 101 cm³/mol. The standard InChI is InChI=1S/C21H26N2/c1-2-3-4-5-6-7-9-16-10-8-11-18-14-17-12-13-19(22)15-20(17)23-21(16)18/h8,10-15H,2-7,9,22H2,1H3. The molecule has 0 saturated heterocycles. The highest BCUT2D eigenvalue weighted by molar-refractivity contribution is 5.95. The van der Waals surface area contributed by atoms with Gasteiger partial charge in [0.25, 0.3) is 0 Å². The molecule has 0 saturated carbocycles. The molecule has 2 aromatic carbocycles. The third-order valence-corrected chi connectivity index (χ3v) is 4.55. The Morgan fingerprint density at radius 1 is 0.870 bits per heavy atom. The molecule has 3 rings (SSSR count). The number of rotatable bonds is 7. The molecule has 2 nitrogen and oxygen atoms in total. The van der Waals surface area contributed by atoms with Crippen LogP contribution in [-0.4, -0.2) is 4.98 Å². The van der Waals surface area contributed by atoms with Crippen molar-refractivity contribution in [2.75, 3.05) is 5.73 Å². The van der Waals surface area contributed by atoms with Crippen LogP contribution in [0.1, 0.15) is 51.0 Å². The van der Waals surface area contributed by atoms with Gasteiger partial charge in [0, 0.05) is 16.5 Å². The summed E-state index contributed by atoms with van der Waals surface area (Å²) in [5.41, 5.74) is 10.2. The van der Waals surface area contributed by atoms with E-state index in [9.17, 15) is 0 Å². The van der Waals surface area contributed by atoms with E-state index in [1.54, 1.807) is 0 Å². The number of nitrogens with two attached hydrogens (primary N) is 1. The van der Waals surface area contributed by atoms with Crippen molar-refractivity contribution in [2.45, 2.75) is 51.9 Å². The van der Waals surface area contributed by atoms with Crippen molar-refractivity contribution in [1.29, 1.82) is 0 Å². The van der Waals surface area contributed by atoms with Crippen molar-refractivity contribution in [1.82, 2.24) is 4.98 Å². The van der Waals surface area contributed by atoms with Crippen LogP contribution in [0.3, 0.4) is 0 Å². The first-order chi connectivity index (χ1) is 11.3. The first kappa shape index (κ1) is 15.8. The second-order valence-corrected chi connectivity index (χ2v) is 6.45. The monoisotopic (exact) mass is 306 g/mol.